The second-order valence-corrected chi connectivity index (χ2v) is 5.39. The molecule has 0 saturated heterocycles. The number of oxime groups is 1. The molecule has 0 spiro atoms. The highest BCUT2D eigenvalue weighted by Crippen LogP contribution is 2.14. The summed E-state index contributed by atoms with van der Waals surface area (Å²) < 4.78 is 10.2. The summed E-state index contributed by atoms with van der Waals surface area (Å²) in [5, 5.41) is 4.84. The van der Waals surface area contributed by atoms with Gasteiger partial charge in [0.15, 0.2) is 0 Å². The minimum absolute atomic E-state index is 0.127. The molecule has 0 amide bonds. The molecule has 0 atom stereocenters. The van der Waals surface area contributed by atoms with Crippen molar-refractivity contribution in [3.63, 3.8) is 0 Å². The third-order valence-corrected chi connectivity index (χ3v) is 3.07. The van der Waals surface area contributed by atoms with Crippen molar-refractivity contribution < 1.29 is 19.1 Å². The molecule has 0 aliphatic heterocycles. The molecule has 5 nitrogen and oxygen atoms in total. The number of nitrogens with zero attached hydrogens (tertiary/aromatic N) is 1. The maximum absolute atomic E-state index is 11.4. The number of carbonyl (C=O) groups excluding carboxylic acids is 1. The quantitative estimate of drug-likeness (QED) is 0.208. The van der Waals surface area contributed by atoms with E-state index in [1.54, 1.807) is 0 Å². The van der Waals surface area contributed by atoms with E-state index in [1.807, 2.05) is 31.2 Å². The minimum atomic E-state index is -0.323. The Balaban J connectivity index is 2.67. The summed E-state index contributed by atoms with van der Waals surface area (Å²) in [5.41, 5.74) is 1.68. The standard InChI is InChI=1S/C16H22BrNO4/c1-3-9-22-18-14(12-16(19)20-2)11-13-4-6-15(7-5-13)21-10-8-17/h4-7H,3,8-12H2,1-2H3. The second kappa shape index (κ2) is 11.1. The maximum Gasteiger partial charge on any atom is 0.311 e. The van der Waals surface area contributed by atoms with E-state index in [4.69, 9.17) is 9.57 Å². The second-order valence-electron chi connectivity index (χ2n) is 4.60. The van der Waals surface area contributed by atoms with E-state index in [9.17, 15) is 4.79 Å². The summed E-state index contributed by atoms with van der Waals surface area (Å²) in [6.07, 6.45) is 1.54. The first kappa shape index (κ1) is 18.5. The number of carbonyl (C=O) groups is 1. The smallest absolute Gasteiger partial charge is 0.311 e. The molecule has 0 bridgehead atoms. The van der Waals surface area contributed by atoms with Gasteiger partial charge in [0.05, 0.1) is 25.8 Å². The molecule has 1 rings (SSSR count). The molecule has 0 N–H and O–H groups in total. The van der Waals surface area contributed by atoms with Crippen LogP contribution in [-0.4, -0.2) is 37.3 Å². The van der Waals surface area contributed by atoms with E-state index in [-0.39, 0.29) is 12.4 Å². The topological polar surface area (TPSA) is 57.1 Å². The Hall–Kier alpha value is -1.56. The number of alkyl halides is 1. The highest BCUT2D eigenvalue weighted by atomic mass is 79.9. The predicted octanol–water partition coefficient (Wildman–Crippen LogP) is 3.35. The Morgan fingerprint density at radius 2 is 1.95 bits per heavy atom. The number of hydrogen-bond donors (Lipinski definition) is 0. The van der Waals surface area contributed by atoms with E-state index in [0.717, 1.165) is 23.1 Å². The number of benzene rings is 1. The van der Waals surface area contributed by atoms with Crippen LogP contribution in [0.25, 0.3) is 0 Å². The number of esters is 1. The van der Waals surface area contributed by atoms with Gasteiger partial charge >= 0.3 is 5.97 Å². The molecule has 0 aliphatic carbocycles. The van der Waals surface area contributed by atoms with Gasteiger partial charge in [0.2, 0.25) is 0 Å². The fraction of sp³-hybridized carbons (Fsp3) is 0.500. The van der Waals surface area contributed by atoms with Gasteiger partial charge in [-0.3, -0.25) is 4.79 Å². The van der Waals surface area contributed by atoms with Gasteiger partial charge in [-0.2, -0.15) is 0 Å². The lowest BCUT2D eigenvalue weighted by atomic mass is 10.1. The maximum atomic E-state index is 11.4. The van der Waals surface area contributed by atoms with Crippen molar-refractivity contribution in [1.29, 1.82) is 0 Å². The first-order valence-corrected chi connectivity index (χ1v) is 8.34. The molecule has 0 unspecified atom stereocenters. The van der Waals surface area contributed by atoms with E-state index < -0.39 is 0 Å². The van der Waals surface area contributed by atoms with Crippen molar-refractivity contribution in [2.45, 2.75) is 26.2 Å². The zero-order valence-corrected chi connectivity index (χ0v) is 14.6. The Morgan fingerprint density at radius 1 is 1.23 bits per heavy atom. The Kier molecular flexibility index (Phi) is 9.30. The number of rotatable bonds is 10. The summed E-state index contributed by atoms with van der Waals surface area (Å²) in [4.78, 5) is 16.6. The third-order valence-electron chi connectivity index (χ3n) is 2.74. The molecule has 0 heterocycles. The normalized spacial score (nSPS) is 11.1. The van der Waals surface area contributed by atoms with Crippen LogP contribution in [0.3, 0.4) is 0 Å². The van der Waals surface area contributed by atoms with Crippen molar-refractivity contribution in [3.05, 3.63) is 29.8 Å². The Labute approximate surface area is 139 Å². The van der Waals surface area contributed by atoms with Crippen LogP contribution in [0.2, 0.25) is 0 Å². The van der Waals surface area contributed by atoms with Crippen molar-refractivity contribution in [2.75, 3.05) is 25.7 Å². The Morgan fingerprint density at radius 3 is 2.55 bits per heavy atom. The predicted molar refractivity (Wildman–Crippen MR) is 89.7 cm³/mol. The fourth-order valence-corrected chi connectivity index (χ4v) is 1.85. The SMILES string of the molecule is CCCON=C(CC(=O)OC)Cc1ccc(OCCBr)cc1. The molecular weight excluding hydrogens is 350 g/mol. The van der Waals surface area contributed by atoms with Crippen LogP contribution in [0.1, 0.15) is 25.3 Å². The average molecular weight is 372 g/mol. The van der Waals surface area contributed by atoms with E-state index >= 15 is 0 Å². The van der Waals surface area contributed by atoms with Crippen molar-refractivity contribution in [2.24, 2.45) is 5.16 Å². The molecule has 22 heavy (non-hydrogen) atoms. The van der Waals surface area contributed by atoms with E-state index in [2.05, 4.69) is 25.8 Å². The molecule has 122 valence electrons. The summed E-state index contributed by atoms with van der Waals surface area (Å²) >= 11 is 3.32. The monoisotopic (exact) mass is 371 g/mol. The van der Waals surface area contributed by atoms with Crippen LogP contribution in [0.15, 0.2) is 29.4 Å². The van der Waals surface area contributed by atoms with Crippen LogP contribution in [0, 0.1) is 0 Å². The minimum Gasteiger partial charge on any atom is -0.493 e. The first-order valence-electron chi connectivity index (χ1n) is 7.21. The lowest BCUT2D eigenvalue weighted by Crippen LogP contribution is -2.13. The van der Waals surface area contributed by atoms with E-state index in [0.29, 0.717) is 25.3 Å². The van der Waals surface area contributed by atoms with Crippen molar-refractivity contribution in [1.82, 2.24) is 0 Å². The van der Waals surface area contributed by atoms with Gasteiger partial charge < -0.3 is 14.3 Å². The summed E-state index contributed by atoms with van der Waals surface area (Å²) in [7, 11) is 1.36. The average Bonchev–Trinajstić information content (AvgIpc) is 2.54. The van der Waals surface area contributed by atoms with Crippen LogP contribution in [0.5, 0.6) is 5.75 Å². The van der Waals surface area contributed by atoms with Crippen LogP contribution < -0.4 is 4.74 Å². The van der Waals surface area contributed by atoms with Gasteiger partial charge in [-0.1, -0.05) is 40.1 Å². The van der Waals surface area contributed by atoms with Gasteiger partial charge in [0, 0.05) is 11.8 Å². The molecule has 0 aliphatic rings. The summed E-state index contributed by atoms with van der Waals surface area (Å²) in [5.74, 6) is 0.494. The first-order chi connectivity index (χ1) is 10.7. The molecule has 0 aromatic heterocycles. The molecule has 0 saturated carbocycles. The number of hydrogen-bond acceptors (Lipinski definition) is 5. The van der Waals surface area contributed by atoms with Crippen molar-refractivity contribution in [3.8, 4) is 5.75 Å². The lowest BCUT2D eigenvalue weighted by Gasteiger charge is -2.08. The largest absolute Gasteiger partial charge is 0.493 e. The van der Waals surface area contributed by atoms with Crippen molar-refractivity contribution >= 4 is 27.6 Å². The molecule has 6 heteroatoms. The molecular formula is C16H22BrNO4. The number of halogens is 1. The van der Waals surface area contributed by atoms with Gasteiger partial charge in [-0.05, 0) is 24.1 Å². The number of methoxy groups -OCH3 is 1. The van der Waals surface area contributed by atoms with Crippen LogP contribution >= 0.6 is 15.9 Å². The summed E-state index contributed by atoms with van der Waals surface area (Å²) in [6.45, 7) is 3.16. The third kappa shape index (κ3) is 7.45. The molecule has 0 radical (unpaired) electrons. The summed E-state index contributed by atoms with van der Waals surface area (Å²) in [6, 6.07) is 7.72. The number of ether oxygens (including phenoxy) is 2. The van der Waals surface area contributed by atoms with Gasteiger partial charge in [-0.15, -0.1) is 0 Å². The van der Waals surface area contributed by atoms with Gasteiger partial charge in [-0.25, -0.2) is 0 Å². The molecule has 1 aromatic carbocycles. The van der Waals surface area contributed by atoms with Crippen LogP contribution in [-0.2, 0) is 20.8 Å². The Bertz CT molecular complexity index is 474. The van der Waals surface area contributed by atoms with Gasteiger partial charge in [0.25, 0.3) is 0 Å². The van der Waals surface area contributed by atoms with E-state index in [1.165, 1.54) is 7.11 Å². The van der Waals surface area contributed by atoms with Gasteiger partial charge in [0.1, 0.15) is 12.4 Å². The highest BCUT2D eigenvalue weighted by molar-refractivity contribution is 9.09. The molecule has 0 fully saturated rings. The zero-order valence-electron chi connectivity index (χ0n) is 13.0. The fourth-order valence-electron chi connectivity index (χ4n) is 1.69. The highest BCUT2D eigenvalue weighted by Gasteiger charge is 2.10. The molecule has 1 aromatic rings. The van der Waals surface area contributed by atoms with Crippen LogP contribution in [0.4, 0.5) is 0 Å². The zero-order chi connectivity index (χ0) is 16.2. The lowest BCUT2D eigenvalue weighted by molar-refractivity contribution is -0.139.